The molecule has 4 aliphatic heterocycles. The molecule has 42 heavy (non-hydrogen) atoms. The number of ether oxygens (including phenoxy) is 6. The van der Waals surface area contributed by atoms with Crippen molar-refractivity contribution in [1.82, 2.24) is 0 Å². The van der Waals surface area contributed by atoms with Crippen LogP contribution in [0.2, 0.25) is 0 Å². The van der Waals surface area contributed by atoms with Gasteiger partial charge in [0.2, 0.25) is 0 Å². The van der Waals surface area contributed by atoms with Crippen molar-refractivity contribution in [3.8, 4) is 0 Å². The second-order valence-corrected chi connectivity index (χ2v) is 12.0. The summed E-state index contributed by atoms with van der Waals surface area (Å²) in [6, 6.07) is 16.7. The number of carbonyl (C=O) groups is 2. The van der Waals surface area contributed by atoms with E-state index < -0.39 is 83.9 Å². The Morgan fingerprint density at radius 1 is 0.881 bits per heavy atom. The standard InChI is InChI=1S/C30H32O12/c1-27-14-29(36)19-12-30(27,28(19,26(41-27)42-29)15-38-24(35)17-10-6-3-7-11-17)40-25-22(33)21(32)20(31)18(39-25)13-37-23(34)16-8-4-2-5-9-16/h2-11,18-22,25-26,31-33,36H,12-15H2,1H3/t18-,19-,20-,21+,22-,25+,26+,27+,28-,29+,30+/m0/s1. The van der Waals surface area contributed by atoms with Crippen LogP contribution in [0.4, 0.5) is 0 Å². The molecule has 2 aromatic carbocycles. The molecule has 0 radical (unpaired) electrons. The average molecular weight is 585 g/mol. The largest absolute Gasteiger partial charge is 0.461 e. The zero-order valence-corrected chi connectivity index (χ0v) is 22.7. The summed E-state index contributed by atoms with van der Waals surface area (Å²) in [7, 11) is 0. The Morgan fingerprint density at radius 3 is 2.14 bits per heavy atom. The van der Waals surface area contributed by atoms with Crippen LogP contribution in [0.15, 0.2) is 60.7 Å². The Balaban J connectivity index is 1.13. The van der Waals surface area contributed by atoms with Crippen molar-refractivity contribution in [3.63, 3.8) is 0 Å². The quantitative estimate of drug-likeness (QED) is 0.318. The molecular formula is C30H32O12. The highest BCUT2D eigenvalue weighted by Gasteiger charge is 2.94. The van der Waals surface area contributed by atoms with Crippen molar-refractivity contribution in [2.24, 2.45) is 11.3 Å². The number of hydrogen-bond acceptors (Lipinski definition) is 12. The van der Waals surface area contributed by atoms with E-state index in [2.05, 4.69) is 0 Å². The highest BCUT2D eigenvalue weighted by atomic mass is 16.8. The molecule has 4 heterocycles. The summed E-state index contributed by atoms with van der Waals surface area (Å²) in [6.45, 7) is 1.12. The van der Waals surface area contributed by atoms with E-state index in [-0.39, 0.29) is 19.4 Å². The van der Waals surface area contributed by atoms with Crippen LogP contribution >= 0.6 is 0 Å². The van der Waals surface area contributed by atoms with Gasteiger partial charge < -0.3 is 48.8 Å². The average Bonchev–Trinajstić information content (AvgIpc) is 3.18. The molecule has 3 saturated carbocycles. The molecule has 9 rings (SSSR count). The third-order valence-corrected chi connectivity index (χ3v) is 9.78. The molecule has 0 spiro atoms. The lowest BCUT2D eigenvalue weighted by molar-refractivity contribution is -0.424. The van der Waals surface area contributed by atoms with Gasteiger partial charge in [0.15, 0.2) is 18.4 Å². The van der Waals surface area contributed by atoms with Gasteiger partial charge in [-0.15, -0.1) is 0 Å². The van der Waals surface area contributed by atoms with Crippen LogP contribution < -0.4 is 0 Å². The van der Waals surface area contributed by atoms with Gasteiger partial charge in [0.1, 0.15) is 48.8 Å². The van der Waals surface area contributed by atoms with Crippen molar-refractivity contribution in [2.75, 3.05) is 13.2 Å². The molecule has 0 aromatic heterocycles. The van der Waals surface area contributed by atoms with Crippen LogP contribution in [0.3, 0.4) is 0 Å². The maximum atomic E-state index is 12.9. The summed E-state index contributed by atoms with van der Waals surface area (Å²) in [5.41, 5.74) is -2.88. The van der Waals surface area contributed by atoms with Gasteiger partial charge in [0.25, 0.3) is 0 Å². The number of carbonyl (C=O) groups excluding carboxylic acids is 2. The fraction of sp³-hybridized carbons (Fsp3) is 0.533. The molecular weight excluding hydrogens is 552 g/mol. The molecule has 7 fully saturated rings. The Hall–Kier alpha value is -2.94. The summed E-state index contributed by atoms with van der Waals surface area (Å²) >= 11 is 0. The molecule has 12 heteroatoms. The molecule has 6 bridgehead atoms. The summed E-state index contributed by atoms with van der Waals surface area (Å²) in [6.07, 6.45) is -8.34. The predicted octanol–water partition coefficient (Wildman–Crippen LogP) is 0.507. The van der Waals surface area contributed by atoms with Crippen molar-refractivity contribution < 1.29 is 58.4 Å². The molecule has 4 saturated heterocycles. The summed E-state index contributed by atoms with van der Waals surface area (Å²) in [5, 5.41) is 43.6. The summed E-state index contributed by atoms with van der Waals surface area (Å²) < 4.78 is 35.7. The van der Waals surface area contributed by atoms with Crippen LogP contribution in [0.25, 0.3) is 0 Å². The first kappa shape index (κ1) is 27.9. The molecule has 3 aliphatic carbocycles. The third-order valence-electron chi connectivity index (χ3n) is 9.78. The van der Waals surface area contributed by atoms with Crippen molar-refractivity contribution in [1.29, 1.82) is 0 Å². The van der Waals surface area contributed by atoms with Gasteiger partial charge in [0.05, 0.1) is 16.5 Å². The zero-order valence-electron chi connectivity index (χ0n) is 22.7. The molecule has 2 aromatic rings. The Labute approximate surface area is 240 Å². The van der Waals surface area contributed by atoms with Crippen molar-refractivity contribution in [3.05, 3.63) is 71.8 Å². The summed E-state index contributed by atoms with van der Waals surface area (Å²) in [5.74, 6) is -3.25. The second kappa shape index (κ2) is 9.53. The third kappa shape index (κ3) is 3.70. The SMILES string of the molecule is C[C@]12C[C@@]3(O)O[C@@H](O1)[C@]1(COC(=O)c4ccccc4)[C@@H]3C[C@]12O[C@H]1O[C@@H](COC(=O)c2ccccc2)[C@H](O)[C@@H](O)[C@@H]1O. The van der Waals surface area contributed by atoms with Crippen LogP contribution in [0, 0.1) is 11.3 Å². The van der Waals surface area contributed by atoms with Gasteiger partial charge >= 0.3 is 11.9 Å². The molecule has 12 nitrogen and oxygen atoms in total. The second-order valence-electron chi connectivity index (χ2n) is 12.0. The minimum atomic E-state index is -1.69. The molecule has 224 valence electrons. The Morgan fingerprint density at radius 2 is 1.50 bits per heavy atom. The highest BCUT2D eigenvalue weighted by Crippen LogP contribution is 2.81. The number of benzene rings is 2. The van der Waals surface area contributed by atoms with Crippen LogP contribution in [-0.4, -0.2) is 99.6 Å². The monoisotopic (exact) mass is 584 g/mol. The first-order valence-corrected chi connectivity index (χ1v) is 13.9. The highest BCUT2D eigenvalue weighted by molar-refractivity contribution is 5.89. The lowest BCUT2D eigenvalue weighted by atomic mass is 9.41. The van der Waals surface area contributed by atoms with E-state index in [1.54, 1.807) is 67.6 Å². The minimum Gasteiger partial charge on any atom is -0.461 e. The lowest BCUT2D eigenvalue weighted by Crippen LogP contribution is -2.80. The topological polar surface area (TPSA) is 170 Å². The number of hydrogen-bond donors (Lipinski definition) is 4. The van der Waals surface area contributed by atoms with E-state index in [9.17, 15) is 30.0 Å². The minimum absolute atomic E-state index is 0.0572. The number of rotatable bonds is 8. The molecule has 11 atom stereocenters. The van der Waals surface area contributed by atoms with Gasteiger partial charge in [-0.05, 0) is 37.6 Å². The van der Waals surface area contributed by atoms with E-state index in [1.807, 2.05) is 0 Å². The van der Waals surface area contributed by atoms with Gasteiger partial charge in [0, 0.05) is 12.3 Å². The maximum absolute atomic E-state index is 12.9. The number of aliphatic hydroxyl groups excluding tert-OH is 3. The zero-order chi connectivity index (χ0) is 29.5. The first-order valence-electron chi connectivity index (χ1n) is 13.9. The van der Waals surface area contributed by atoms with Gasteiger partial charge in [-0.25, -0.2) is 9.59 Å². The van der Waals surface area contributed by atoms with E-state index in [0.717, 1.165) is 0 Å². The number of esters is 2. The molecule has 4 N–H and O–H groups in total. The fourth-order valence-corrected chi connectivity index (χ4v) is 7.68. The van der Waals surface area contributed by atoms with Crippen LogP contribution in [0.1, 0.15) is 40.5 Å². The van der Waals surface area contributed by atoms with Crippen molar-refractivity contribution in [2.45, 2.75) is 73.8 Å². The Bertz CT molecular complexity index is 1370. The predicted molar refractivity (Wildman–Crippen MR) is 138 cm³/mol. The summed E-state index contributed by atoms with van der Waals surface area (Å²) in [4.78, 5) is 25.4. The molecule has 7 aliphatic rings. The van der Waals surface area contributed by atoms with Crippen molar-refractivity contribution >= 4 is 11.9 Å². The number of aliphatic hydroxyl groups is 4. The van der Waals surface area contributed by atoms with E-state index in [0.29, 0.717) is 11.1 Å². The first-order chi connectivity index (χ1) is 20.0. The maximum Gasteiger partial charge on any atom is 0.338 e. The van der Waals surface area contributed by atoms with Gasteiger partial charge in [-0.3, -0.25) is 0 Å². The van der Waals surface area contributed by atoms with Crippen LogP contribution in [0.5, 0.6) is 0 Å². The molecule has 0 amide bonds. The molecule has 0 unspecified atom stereocenters. The lowest BCUT2D eigenvalue weighted by Gasteiger charge is -2.67. The van der Waals surface area contributed by atoms with E-state index in [4.69, 9.17) is 28.4 Å². The van der Waals surface area contributed by atoms with Gasteiger partial charge in [-0.1, -0.05) is 36.4 Å². The smallest absolute Gasteiger partial charge is 0.338 e. The fourth-order valence-electron chi connectivity index (χ4n) is 7.68. The van der Waals surface area contributed by atoms with E-state index in [1.165, 1.54) is 0 Å². The van der Waals surface area contributed by atoms with E-state index >= 15 is 0 Å². The normalized spacial score (nSPS) is 44.5. The Kier molecular flexibility index (Phi) is 6.32. The van der Waals surface area contributed by atoms with Gasteiger partial charge in [-0.2, -0.15) is 0 Å². The van der Waals surface area contributed by atoms with Crippen LogP contribution in [-0.2, 0) is 28.4 Å².